The number of carbonyl (C=O) groups is 2. The van der Waals surface area contributed by atoms with Crippen molar-refractivity contribution in [3.63, 3.8) is 0 Å². The Bertz CT molecular complexity index is 909. The zero-order valence-corrected chi connectivity index (χ0v) is 15.4. The van der Waals surface area contributed by atoms with Gasteiger partial charge in [-0.2, -0.15) is 5.10 Å². The Morgan fingerprint density at radius 2 is 2.15 bits per heavy atom. The van der Waals surface area contributed by atoms with Crippen LogP contribution < -0.4 is 11.1 Å². The standard InChI is InChI=1S/C20H24N4O2/c1-5-8-22-15-9-13(6-7-14(15)19(21)26)24-16-10-20(3,4)11-17(25)18(16)12(2)23-24/h5-7,9,22H,1,8,10-11H2,2-4H3,(H2,21,26). The van der Waals surface area contributed by atoms with Gasteiger partial charge in [0.2, 0.25) is 0 Å². The highest BCUT2D eigenvalue weighted by atomic mass is 16.1. The molecule has 0 saturated heterocycles. The second-order valence-corrected chi connectivity index (χ2v) is 7.52. The number of hydrogen-bond donors (Lipinski definition) is 2. The topological polar surface area (TPSA) is 90.0 Å². The van der Waals surface area contributed by atoms with Crippen molar-refractivity contribution < 1.29 is 9.59 Å². The first-order valence-electron chi connectivity index (χ1n) is 8.64. The Morgan fingerprint density at radius 1 is 1.42 bits per heavy atom. The molecule has 0 atom stereocenters. The lowest BCUT2D eigenvalue weighted by Crippen LogP contribution is -2.28. The van der Waals surface area contributed by atoms with Crippen molar-refractivity contribution in [2.75, 3.05) is 11.9 Å². The smallest absolute Gasteiger partial charge is 0.250 e. The van der Waals surface area contributed by atoms with Crippen molar-refractivity contribution >= 4 is 17.4 Å². The molecule has 1 aliphatic rings. The number of anilines is 1. The molecular formula is C20H24N4O2. The molecule has 1 aromatic heterocycles. The SMILES string of the molecule is C=CCNc1cc(-n2nc(C)c3c2CC(C)(C)CC3=O)ccc1C(N)=O. The molecule has 0 unspecified atom stereocenters. The van der Waals surface area contributed by atoms with Gasteiger partial charge in [-0.1, -0.05) is 19.9 Å². The molecule has 136 valence electrons. The fourth-order valence-electron chi connectivity index (χ4n) is 3.56. The van der Waals surface area contributed by atoms with Crippen LogP contribution in [0.1, 0.15) is 52.4 Å². The molecule has 6 heteroatoms. The number of nitrogens with two attached hydrogens (primary N) is 1. The van der Waals surface area contributed by atoms with E-state index in [0.717, 1.165) is 29.1 Å². The zero-order valence-electron chi connectivity index (χ0n) is 15.4. The first-order valence-corrected chi connectivity index (χ1v) is 8.64. The van der Waals surface area contributed by atoms with E-state index in [9.17, 15) is 9.59 Å². The van der Waals surface area contributed by atoms with Gasteiger partial charge in [0.05, 0.1) is 28.2 Å². The summed E-state index contributed by atoms with van der Waals surface area (Å²) >= 11 is 0. The predicted octanol–water partition coefficient (Wildman–Crippen LogP) is 3.03. The molecule has 0 saturated carbocycles. The molecule has 0 spiro atoms. The average molecular weight is 352 g/mol. The maximum atomic E-state index is 12.6. The van der Waals surface area contributed by atoms with Crippen LogP contribution in [0.4, 0.5) is 5.69 Å². The lowest BCUT2D eigenvalue weighted by Gasteiger charge is -2.29. The molecule has 1 heterocycles. The van der Waals surface area contributed by atoms with Crippen LogP contribution in [0.3, 0.4) is 0 Å². The number of ketones is 1. The number of amides is 1. The van der Waals surface area contributed by atoms with E-state index in [0.29, 0.717) is 24.2 Å². The maximum Gasteiger partial charge on any atom is 0.250 e. The molecule has 2 aromatic rings. The summed E-state index contributed by atoms with van der Waals surface area (Å²) in [6.07, 6.45) is 3.00. The number of aryl methyl sites for hydroxylation is 1. The molecule has 3 N–H and O–H groups in total. The van der Waals surface area contributed by atoms with Gasteiger partial charge in [0, 0.05) is 18.7 Å². The quantitative estimate of drug-likeness (QED) is 0.809. The number of Topliss-reactive ketones (excluding diaryl/α,β-unsaturated/α-hetero) is 1. The lowest BCUT2D eigenvalue weighted by molar-refractivity contribution is 0.0909. The van der Waals surface area contributed by atoms with Crippen LogP contribution in [0.2, 0.25) is 0 Å². The number of nitrogens with zero attached hydrogens (tertiary/aromatic N) is 2. The minimum absolute atomic E-state index is 0.106. The number of nitrogens with one attached hydrogen (secondary N) is 1. The fraction of sp³-hybridized carbons (Fsp3) is 0.350. The molecule has 1 aromatic carbocycles. The minimum Gasteiger partial charge on any atom is -0.381 e. The third kappa shape index (κ3) is 3.14. The third-order valence-corrected chi connectivity index (χ3v) is 4.67. The van der Waals surface area contributed by atoms with E-state index in [2.05, 4.69) is 30.8 Å². The monoisotopic (exact) mass is 352 g/mol. The van der Waals surface area contributed by atoms with Crippen LogP contribution in [0.15, 0.2) is 30.9 Å². The lowest BCUT2D eigenvalue weighted by atomic mass is 9.75. The molecule has 26 heavy (non-hydrogen) atoms. The van der Waals surface area contributed by atoms with Crippen LogP contribution in [0.25, 0.3) is 5.69 Å². The number of hydrogen-bond acceptors (Lipinski definition) is 4. The summed E-state index contributed by atoms with van der Waals surface area (Å²) in [5, 5.41) is 7.75. The Morgan fingerprint density at radius 3 is 2.81 bits per heavy atom. The highest BCUT2D eigenvalue weighted by Crippen LogP contribution is 2.37. The Labute approximate surface area is 153 Å². The van der Waals surface area contributed by atoms with E-state index in [-0.39, 0.29) is 11.2 Å². The number of primary amides is 1. The van der Waals surface area contributed by atoms with Crippen molar-refractivity contribution in [1.29, 1.82) is 0 Å². The average Bonchev–Trinajstić information content (AvgIpc) is 2.87. The number of rotatable bonds is 5. The summed E-state index contributed by atoms with van der Waals surface area (Å²) in [6, 6.07) is 5.32. The second-order valence-electron chi connectivity index (χ2n) is 7.52. The summed E-state index contributed by atoms with van der Waals surface area (Å²) in [5.41, 5.74) is 9.57. The number of carbonyl (C=O) groups excluding carboxylic acids is 2. The van der Waals surface area contributed by atoms with E-state index < -0.39 is 5.91 Å². The van der Waals surface area contributed by atoms with E-state index in [4.69, 9.17) is 5.73 Å². The van der Waals surface area contributed by atoms with E-state index in [1.807, 2.05) is 17.7 Å². The molecule has 0 bridgehead atoms. The van der Waals surface area contributed by atoms with Crippen LogP contribution in [0, 0.1) is 12.3 Å². The van der Waals surface area contributed by atoms with Crippen LogP contribution in [-0.2, 0) is 6.42 Å². The van der Waals surface area contributed by atoms with E-state index in [1.54, 1.807) is 18.2 Å². The Hall–Kier alpha value is -2.89. The van der Waals surface area contributed by atoms with Crippen molar-refractivity contribution in [2.24, 2.45) is 11.1 Å². The predicted molar refractivity (Wildman–Crippen MR) is 102 cm³/mol. The van der Waals surface area contributed by atoms with Crippen LogP contribution in [-0.4, -0.2) is 28.0 Å². The molecule has 1 aliphatic carbocycles. The highest BCUT2D eigenvalue weighted by Gasteiger charge is 2.35. The van der Waals surface area contributed by atoms with Crippen molar-refractivity contribution in [3.8, 4) is 5.69 Å². The van der Waals surface area contributed by atoms with Gasteiger partial charge in [-0.05, 0) is 37.0 Å². The zero-order chi connectivity index (χ0) is 19.1. The first kappa shape index (κ1) is 17.9. The first-order chi connectivity index (χ1) is 12.2. The summed E-state index contributed by atoms with van der Waals surface area (Å²) in [5.74, 6) is -0.364. The van der Waals surface area contributed by atoms with Gasteiger partial charge in [-0.25, -0.2) is 4.68 Å². The molecular weight excluding hydrogens is 328 g/mol. The van der Waals surface area contributed by atoms with Crippen molar-refractivity contribution in [2.45, 2.75) is 33.6 Å². The van der Waals surface area contributed by atoms with Gasteiger partial charge >= 0.3 is 0 Å². The fourth-order valence-corrected chi connectivity index (χ4v) is 3.56. The van der Waals surface area contributed by atoms with E-state index >= 15 is 0 Å². The van der Waals surface area contributed by atoms with Gasteiger partial charge in [-0.3, -0.25) is 9.59 Å². The van der Waals surface area contributed by atoms with Crippen molar-refractivity contribution in [3.05, 3.63) is 53.4 Å². The van der Waals surface area contributed by atoms with Crippen LogP contribution in [0.5, 0.6) is 0 Å². The van der Waals surface area contributed by atoms with Crippen molar-refractivity contribution in [1.82, 2.24) is 9.78 Å². The largest absolute Gasteiger partial charge is 0.381 e. The highest BCUT2D eigenvalue weighted by molar-refractivity contribution is 6.00. The third-order valence-electron chi connectivity index (χ3n) is 4.67. The Kier molecular flexibility index (Phi) is 4.44. The van der Waals surface area contributed by atoms with Gasteiger partial charge in [0.15, 0.2) is 5.78 Å². The molecule has 1 amide bonds. The van der Waals surface area contributed by atoms with Gasteiger partial charge < -0.3 is 11.1 Å². The summed E-state index contributed by atoms with van der Waals surface area (Å²) < 4.78 is 1.81. The maximum absolute atomic E-state index is 12.6. The summed E-state index contributed by atoms with van der Waals surface area (Å²) in [7, 11) is 0. The molecule has 0 fully saturated rings. The van der Waals surface area contributed by atoms with Crippen LogP contribution >= 0.6 is 0 Å². The van der Waals surface area contributed by atoms with Gasteiger partial charge in [0.25, 0.3) is 5.91 Å². The Balaban J connectivity index is 2.13. The van der Waals surface area contributed by atoms with E-state index in [1.165, 1.54) is 0 Å². The molecule has 6 nitrogen and oxygen atoms in total. The number of aromatic nitrogens is 2. The number of fused-ring (bicyclic) bond motifs is 1. The molecule has 3 rings (SSSR count). The summed E-state index contributed by atoms with van der Waals surface area (Å²) in [6.45, 7) is 10.2. The number of benzene rings is 1. The minimum atomic E-state index is -0.502. The second kappa shape index (κ2) is 6.44. The van der Waals surface area contributed by atoms with Gasteiger partial charge in [-0.15, -0.1) is 6.58 Å². The molecule has 0 aliphatic heterocycles. The van der Waals surface area contributed by atoms with Gasteiger partial charge in [0.1, 0.15) is 0 Å². The molecule has 0 radical (unpaired) electrons. The summed E-state index contributed by atoms with van der Waals surface area (Å²) in [4.78, 5) is 24.3. The normalized spacial score (nSPS) is 15.4.